The number of nitrogens with two attached hydrogens (primary N) is 1. The summed E-state index contributed by atoms with van der Waals surface area (Å²) in [5.74, 6) is 0.0510. The van der Waals surface area contributed by atoms with Gasteiger partial charge in [0.05, 0.1) is 11.9 Å². The predicted molar refractivity (Wildman–Crippen MR) is 63.4 cm³/mol. The van der Waals surface area contributed by atoms with Crippen LogP contribution in [0.2, 0.25) is 0 Å². The summed E-state index contributed by atoms with van der Waals surface area (Å²) >= 11 is 0. The highest BCUT2D eigenvalue weighted by Gasteiger charge is 2.09. The Morgan fingerprint density at radius 3 is 3.00 bits per heavy atom. The van der Waals surface area contributed by atoms with E-state index in [1.807, 2.05) is 13.2 Å². The number of aryl methyl sites for hydroxylation is 1. The molecule has 0 fully saturated rings. The summed E-state index contributed by atoms with van der Waals surface area (Å²) in [4.78, 5) is 16.0. The lowest BCUT2D eigenvalue weighted by atomic mass is 10.1. The standard InChI is InChI=1S/C12H14N4O/c1-16-8-9(7-15-16)4-12(17)10-2-3-14-11(5-10)6-13/h2-3,5,7-8H,4,6,13H2,1H3. The summed E-state index contributed by atoms with van der Waals surface area (Å²) in [7, 11) is 1.83. The topological polar surface area (TPSA) is 73.8 Å². The number of ketones is 1. The Kier molecular flexibility index (Phi) is 3.30. The van der Waals surface area contributed by atoms with Gasteiger partial charge >= 0.3 is 0 Å². The number of hydrogen-bond donors (Lipinski definition) is 1. The van der Waals surface area contributed by atoms with E-state index in [2.05, 4.69) is 10.1 Å². The van der Waals surface area contributed by atoms with E-state index in [-0.39, 0.29) is 5.78 Å². The van der Waals surface area contributed by atoms with E-state index < -0.39 is 0 Å². The first-order valence-corrected chi connectivity index (χ1v) is 5.35. The number of Topliss-reactive ketones (excluding diaryl/α,β-unsaturated/α-hetero) is 1. The van der Waals surface area contributed by atoms with E-state index in [4.69, 9.17) is 5.73 Å². The minimum Gasteiger partial charge on any atom is -0.325 e. The van der Waals surface area contributed by atoms with Gasteiger partial charge in [0.15, 0.2) is 5.78 Å². The molecule has 0 aromatic carbocycles. The van der Waals surface area contributed by atoms with Crippen LogP contribution in [0.15, 0.2) is 30.7 Å². The van der Waals surface area contributed by atoms with Crippen LogP contribution in [0, 0.1) is 0 Å². The van der Waals surface area contributed by atoms with Crippen molar-refractivity contribution in [1.82, 2.24) is 14.8 Å². The van der Waals surface area contributed by atoms with Crippen molar-refractivity contribution < 1.29 is 4.79 Å². The Hall–Kier alpha value is -2.01. The number of nitrogens with zero attached hydrogens (tertiary/aromatic N) is 3. The second kappa shape index (κ2) is 4.88. The van der Waals surface area contributed by atoms with Crippen molar-refractivity contribution in [2.24, 2.45) is 12.8 Å². The molecule has 88 valence electrons. The number of carbonyl (C=O) groups is 1. The highest BCUT2D eigenvalue weighted by Crippen LogP contribution is 2.07. The first-order valence-electron chi connectivity index (χ1n) is 5.35. The molecule has 2 rings (SSSR count). The molecule has 0 aliphatic carbocycles. The zero-order valence-corrected chi connectivity index (χ0v) is 9.63. The molecule has 0 radical (unpaired) electrons. The van der Waals surface area contributed by atoms with Gasteiger partial charge in [-0.2, -0.15) is 5.10 Å². The van der Waals surface area contributed by atoms with E-state index in [0.29, 0.717) is 18.5 Å². The van der Waals surface area contributed by atoms with Gasteiger partial charge in [-0.05, 0) is 17.7 Å². The Labute approximate surface area is 99.3 Å². The summed E-state index contributed by atoms with van der Waals surface area (Å²) in [6, 6.07) is 3.44. The SMILES string of the molecule is Cn1cc(CC(=O)c2ccnc(CN)c2)cn1. The maximum atomic E-state index is 12.0. The van der Waals surface area contributed by atoms with Crippen molar-refractivity contribution in [3.05, 3.63) is 47.5 Å². The number of rotatable bonds is 4. The summed E-state index contributed by atoms with van der Waals surface area (Å²) in [5, 5.41) is 4.03. The summed E-state index contributed by atoms with van der Waals surface area (Å²) in [5.41, 5.74) is 7.76. The third-order valence-electron chi connectivity index (χ3n) is 2.47. The van der Waals surface area contributed by atoms with Crippen LogP contribution in [0.4, 0.5) is 0 Å². The lowest BCUT2D eigenvalue weighted by Gasteiger charge is -2.01. The molecule has 0 aliphatic rings. The number of hydrogen-bond acceptors (Lipinski definition) is 4. The molecule has 2 heterocycles. The van der Waals surface area contributed by atoms with Gasteiger partial charge in [-0.1, -0.05) is 0 Å². The summed E-state index contributed by atoms with van der Waals surface area (Å²) < 4.78 is 1.68. The summed E-state index contributed by atoms with van der Waals surface area (Å²) in [6.45, 7) is 0.341. The molecular formula is C12H14N4O. The Morgan fingerprint density at radius 1 is 1.53 bits per heavy atom. The third kappa shape index (κ3) is 2.76. The second-order valence-corrected chi connectivity index (χ2v) is 3.86. The molecule has 0 amide bonds. The largest absolute Gasteiger partial charge is 0.325 e. The molecule has 5 nitrogen and oxygen atoms in total. The average Bonchev–Trinajstić information content (AvgIpc) is 2.75. The van der Waals surface area contributed by atoms with Gasteiger partial charge in [0, 0.05) is 38.0 Å². The van der Waals surface area contributed by atoms with Gasteiger partial charge in [0.1, 0.15) is 0 Å². The van der Waals surface area contributed by atoms with Crippen LogP contribution in [0.25, 0.3) is 0 Å². The molecule has 0 bridgehead atoms. The van der Waals surface area contributed by atoms with Gasteiger partial charge in [0.2, 0.25) is 0 Å². The van der Waals surface area contributed by atoms with E-state index in [1.165, 1.54) is 0 Å². The van der Waals surface area contributed by atoms with E-state index in [1.54, 1.807) is 29.2 Å². The van der Waals surface area contributed by atoms with E-state index >= 15 is 0 Å². The minimum atomic E-state index is 0.0510. The number of pyridine rings is 1. The van der Waals surface area contributed by atoms with Crippen LogP contribution in [0.3, 0.4) is 0 Å². The Bertz CT molecular complexity index is 533. The van der Waals surface area contributed by atoms with Crippen molar-refractivity contribution in [2.75, 3.05) is 0 Å². The lowest BCUT2D eigenvalue weighted by molar-refractivity contribution is 0.0992. The van der Waals surface area contributed by atoms with Crippen molar-refractivity contribution in [3.8, 4) is 0 Å². The third-order valence-corrected chi connectivity index (χ3v) is 2.47. The molecule has 0 saturated heterocycles. The average molecular weight is 230 g/mol. The zero-order chi connectivity index (χ0) is 12.3. The molecule has 5 heteroatoms. The van der Waals surface area contributed by atoms with E-state index in [0.717, 1.165) is 11.3 Å². The minimum absolute atomic E-state index is 0.0510. The molecule has 17 heavy (non-hydrogen) atoms. The first-order chi connectivity index (χ1) is 8.19. The van der Waals surface area contributed by atoms with Gasteiger partial charge in [0.25, 0.3) is 0 Å². The Balaban J connectivity index is 2.14. The van der Waals surface area contributed by atoms with Gasteiger partial charge < -0.3 is 5.73 Å². The number of aromatic nitrogens is 3. The van der Waals surface area contributed by atoms with Crippen LogP contribution in [-0.2, 0) is 20.0 Å². The van der Waals surface area contributed by atoms with Crippen LogP contribution in [-0.4, -0.2) is 20.5 Å². The molecule has 0 saturated carbocycles. The van der Waals surface area contributed by atoms with Crippen molar-refractivity contribution >= 4 is 5.78 Å². The van der Waals surface area contributed by atoms with Crippen LogP contribution in [0.5, 0.6) is 0 Å². The van der Waals surface area contributed by atoms with Gasteiger partial charge in [-0.15, -0.1) is 0 Å². The molecule has 0 aliphatic heterocycles. The Morgan fingerprint density at radius 2 is 2.35 bits per heavy atom. The molecule has 0 atom stereocenters. The molecule has 0 spiro atoms. The zero-order valence-electron chi connectivity index (χ0n) is 9.63. The highest BCUT2D eigenvalue weighted by molar-refractivity contribution is 5.97. The maximum absolute atomic E-state index is 12.0. The fraction of sp³-hybridized carbons (Fsp3) is 0.250. The van der Waals surface area contributed by atoms with Crippen LogP contribution in [0.1, 0.15) is 21.6 Å². The smallest absolute Gasteiger partial charge is 0.167 e. The van der Waals surface area contributed by atoms with Gasteiger partial charge in [-0.25, -0.2) is 0 Å². The fourth-order valence-electron chi connectivity index (χ4n) is 1.61. The molecule has 2 N–H and O–H groups in total. The molecule has 2 aromatic rings. The molecule has 0 unspecified atom stereocenters. The monoisotopic (exact) mass is 230 g/mol. The fourth-order valence-corrected chi connectivity index (χ4v) is 1.61. The highest BCUT2D eigenvalue weighted by atomic mass is 16.1. The van der Waals surface area contributed by atoms with Crippen LogP contribution < -0.4 is 5.73 Å². The van der Waals surface area contributed by atoms with Crippen molar-refractivity contribution in [2.45, 2.75) is 13.0 Å². The lowest BCUT2D eigenvalue weighted by Crippen LogP contribution is -2.06. The van der Waals surface area contributed by atoms with E-state index in [9.17, 15) is 4.79 Å². The normalized spacial score (nSPS) is 10.5. The maximum Gasteiger partial charge on any atom is 0.167 e. The van der Waals surface area contributed by atoms with Crippen molar-refractivity contribution in [1.29, 1.82) is 0 Å². The quantitative estimate of drug-likeness (QED) is 0.784. The number of carbonyl (C=O) groups excluding carboxylic acids is 1. The molecular weight excluding hydrogens is 216 g/mol. The summed E-state index contributed by atoms with van der Waals surface area (Å²) in [6.07, 6.45) is 5.49. The van der Waals surface area contributed by atoms with Crippen LogP contribution >= 0.6 is 0 Å². The predicted octanol–water partition coefficient (Wildman–Crippen LogP) is 0.699. The molecule has 2 aromatic heterocycles. The van der Waals surface area contributed by atoms with Crippen molar-refractivity contribution in [3.63, 3.8) is 0 Å². The van der Waals surface area contributed by atoms with Gasteiger partial charge in [-0.3, -0.25) is 14.5 Å². The first kappa shape index (κ1) is 11.5. The second-order valence-electron chi connectivity index (χ2n) is 3.86.